The van der Waals surface area contributed by atoms with Crippen molar-refractivity contribution in [1.82, 2.24) is 0 Å². The van der Waals surface area contributed by atoms with E-state index in [1.807, 2.05) is 0 Å². The summed E-state index contributed by atoms with van der Waals surface area (Å²) in [6, 6.07) is 15.2. The average molecular weight is 397 g/mol. The number of anilines is 1. The summed E-state index contributed by atoms with van der Waals surface area (Å²) in [6.07, 6.45) is 0. The van der Waals surface area contributed by atoms with Crippen molar-refractivity contribution >= 4 is 62.5 Å². The van der Waals surface area contributed by atoms with Crippen LogP contribution in [0.2, 0.25) is 0 Å². The minimum atomic E-state index is -3.88. The van der Waals surface area contributed by atoms with Gasteiger partial charge in [0.15, 0.2) is 0 Å². The second-order valence-corrected chi connectivity index (χ2v) is 10.5. The first-order valence-electron chi connectivity index (χ1n) is 6.14. The van der Waals surface area contributed by atoms with Crippen LogP contribution in [0.1, 0.15) is 5.56 Å². The van der Waals surface area contributed by atoms with Crippen LogP contribution in [0.3, 0.4) is 0 Å². The fourth-order valence-electron chi connectivity index (χ4n) is 1.82. The Kier molecular flexibility index (Phi) is 5.56. The van der Waals surface area contributed by atoms with Crippen LogP contribution in [-0.2, 0) is 10.0 Å². The number of halogens is 3. The lowest BCUT2D eigenvalue weighted by atomic mass is 10.2. The summed E-state index contributed by atoms with van der Waals surface area (Å²) in [5.74, 6) is 0. The van der Waals surface area contributed by atoms with Gasteiger partial charge in [-0.2, -0.15) is 0 Å². The maximum absolute atomic E-state index is 13.0. The molecule has 0 saturated carbocycles. The van der Waals surface area contributed by atoms with E-state index in [9.17, 15) is 8.42 Å². The van der Waals surface area contributed by atoms with Crippen molar-refractivity contribution in [2.45, 2.75) is 14.9 Å². The van der Waals surface area contributed by atoms with Crippen LogP contribution in [0.25, 0.3) is 0 Å². The van der Waals surface area contributed by atoms with E-state index in [4.69, 9.17) is 34.8 Å². The van der Waals surface area contributed by atoms with Gasteiger partial charge in [0, 0.05) is 11.9 Å². The zero-order chi connectivity index (χ0) is 16.4. The molecule has 0 aromatic heterocycles. The second kappa shape index (κ2) is 6.89. The third-order valence-corrected chi connectivity index (χ3v) is 6.42. The zero-order valence-corrected chi connectivity index (χ0v) is 15.3. The molecule has 0 atom stereocenters. The Morgan fingerprint density at radius 1 is 0.955 bits per heavy atom. The van der Waals surface area contributed by atoms with Crippen LogP contribution in [-0.4, -0.2) is 11.5 Å². The van der Waals surface area contributed by atoms with Gasteiger partial charge in [0.25, 0.3) is 13.1 Å². The van der Waals surface area contributed by atoms with Crippen LogP contribution in [0.5, 0.6) is 0 Å². The molecule has 0 fully saturated rings. The van der Waals surface area contributed by atoms with Crippen LogP contribution in [0, 0.1) is 6.92 Å². The fraction of sp³-hybridized carbons (Fsp3) is 0.143. The van der Waals surface area contributed by atoms with Gasteiger partial charge in [0.05, 0.1) is 10.6 Å². The molecule has 3 nitrogen and oxygen atoms in total. The lowest BCUT2D eigenvalue weighted by Gasteiger charge is -2.26. The largest absolute Gasteiger partial charge is 0.274 e. The van der Waals surface area contributed by atoms with E-state index in [1.54, 1.807) is 55.5 Å². The molecule has 0 bridgehead atoms. The Bertz CT molecular complexity index is 746. The molecule has 0 spiro atoms. The minimum Gasteiger partial charge on any atom is -0.204 e. The molecular weight excluding hydrogens is 385 g/mol. The van der Waals surface area contributed by atoms with Gasteiger partial charge in [-0.1, -0.05) is 71.2 Å². The molecule has 0 saturated heterocycles. The number of sulfonamides is 1. The van der Waals surface area contributed by atoms with Crippen molar-refractivity contribution in [1.29, 1.82) is 0 Å². The van der Waals surface area contributed by atoms with Gasteiger partial charge in [-0.25, -0.2) is 12.1 Å². The number of benzene rings is 2. The maximum atomic E-state index is 13.0. The van der Waals surface area contributed by atoms with Gasteiger partial charge < -0.3 is 0 Å². The Morgan fingerprint density at radius 3 is 2.05 bits per heavy atom. The summed E-state index contributed by atoms with van der Waals surface area (Å²) in [5, 5.41) is 0. The van der Waals surface area contributed by atoms with E-state index in [0.717, 1.165) is 3.71 Å². The Hall–Kier alpha value is -0.590. The molecule has 0 amide bonds. The Balaban J connectivity index is 2.56. The molecule has 2 aromatic rings. The molecule has 0 aliphatic carbocycles. The summed E-state index contributed by atoms with van der Waals surface area (Å²) in [6.45, 7) is 1.72. The molecule has 0 N–H and O–H groups in total. The molecule has 118 valence electrons. The maximum Gasteiger partial charge on any atom is 0.274 e. The first-order valence-corrected chi connectivity index (χ1v) is 9.48. The SMILES string of the molecule is Cc1ccccc1S(=O)(=O)N(SC(Cl)(Cl)Cl)c1ccccc1. The van der Waals surface area contributed by atoms with Crippen molar-refractivity contribution in [3.05, 3.63) is 60.2 Å². The van der Waals surface area contributed by atoms with Gasteiger partial charge >= 0.3 is 0 Å². The highest BCUT2D eigenvalue weighted by Crippen LogP contribution is 2.45. The summed E-state index contributed by atoms with van der Waals surface area (Å²) in [7, 11) is -3.88. The first kappa shape index (κ1) is 17.8. The topological polar surface area (TPSA) is 37.4 Å². The first-order chi connectivity index (χ1) is 10.2. The predicted octanol–water partition coefficient (Wildman–Crippen LogP) is 5.17. The standard InChI is InChI=1S/C14H12Cl3NO2S2/c1-11-7-5-6-10-13(11)22(19,20)18(21-14(15,16)17)12-8-3-2-4-9-12/h2-10H,1H3. The lowest BCUT2D eigenvalue weighted by Crippen LogP contribution is -2.27. The van der Waals surface area contributed by atoms with Gasteiger partial charge in [0.1, 0.15) is 0 Å². The molecule has 8 heteroatoms. The van der Waals surface area contributed by atoms with Crippen molar-refractivity contribution in [3.8, 4) is 0 Å². The number of alkyl halides is 3. The van der Waals surface area contributed by atoms with E-state index in [-0.39, 0.29) is 4.90 Å². The van der Waals surface area contributed by atoms with E-state index < -0.39 is 13.1 Å². The fourth-order valence-corrected chi connectivity index (χ4v) is 5.50. The van der Waals surface area contributed by atoms with Gasteiger partial charge in [-0.15, -0.1) is 0 Å². The summed E-state index contributed by atoms with van der Waals surface area (Å²) < 4.78 is 25.1. The van der Waals surface area contributed by atoms with Crippen LogP contribution >= 0.6 is 46.8 Å². The summed E-state index contributed by atoms with van der Waals surface area (Å²) >= 11 is 18.0. The van der Waals surface area contributed by atoms with E-state index in [1.165, 1.54) is 6.07 Å². The van der Waals surface area contributed by atoms with E-state index in [0.29, 0.717) is 23.2 Å². The van der Waals surface area contributed by atoms with Gasteiger partial charge in [-0.05, 0) is 30.7 Å². The highest BCUT2D eigenvalue weighted by molar-refractivity contribution is 8.17. The smallest absolute Gasteiger partial charge is 0.204 e. The van der Waals surface area contributed by atoms with E-state index in [2.05, 4.69) is 0 Å². The quantitative estimate of drug-likeness (QED) is 0.529. The predicted molar refractivity (Wildman–Crippen MR) is 95.2 cm³/mol. The minimum absolute atomic E-state index is 0.167. The average Bonchev–Trinajstić information content (AvgIpc) is 2.45. The number of rotatable bonds is 4. The third-order valence-electron chi connectivity index (χ3n) is 2.74. The normalized spacial score (nSPS) is 12.2. The van der Waals surface area contributed by atoms with Gasteiger partial charge in [-0.3, -0.25) is 0 Å². The number of nitrogens with zero attached hydrogens (tertiary/aromatic N) is 1. The zero-order valence-electron chi connectivity index (χ0n) is 11.4. The molecule has 0 aliphatic heterocycles. The number of para-hydroxylation sites is 1. The molecule has 0 heterocycles. The lowest BCUT2D eigenvalue weighted by molar-refractivity contribution is 0.598. The van der Waals surface area contributed by atoms with Crippen LogP contribution in [0.15, 0.2) is 59.5 Å². The van der Waals surface area contributed by atoms with Crippen molar-refractivity contribution in [3.63, 3.8) is 0 Å². The van der Waals surface area contributed by atoms with Crippen molar-refractivity contribution < 1.29 is 8.42 Å². The summed E-state index contributed by atoms with van der Waals surface area (Å²) in [5.41, 5.74) is 1.02. The monoisotopic (exact) mass is 395 g/mol. The highest BCUT2D eigenvalue weighted by Gasteiger charge is 2.34. The molecule has 2 rings (SSSR count). The summed E-state index contributed by atoms with van der Waals surface area (Å²) in [4.78, 5) is 0.167. The molecule has 0 aliphatic rings. The van der Waals surface area contributed by atoms with Crippen LogP contribution in [0.4, 0.5) is 5.69 Å². The van der Waals surface area contributed by atoms with Gasteiger partial charge in [0.2, 0.25) is 0 Å². The van der Waals surface area contributed by atoms with Crippen molar-refractivity contribution in [2.75, 3.05) is 3.71 Å². The highest BCUT2D eigenvalue weighted by atomic mass is 35.6. The molecule has 2 aromatic carbocycles. The molecule has 22 heavy (non-hydrogen) atoms. The Labute approximate surface area is 149 Å². The number of hydrogen-bond acceptors (Lipinski definition) is 3. The molecule has 0 radical (unpaired) electrons. The van der Waals surface area contributed by atoms with Crippen LogP contribution < -0.4 is 3.71 Å². The molecule has 0 unspecified atom stereocenters. The molecular formula is C14H12Cl3NO2S2. The van der Waals surface area contributed by atoms with Crippen molar-refractivity contribution in [2.24, 2.45) is 0 Å². The number of hydrogen-bond donors (Lipinski definition) is 0. The number of aryl methyl sites for hydroxylation is 1. The van der Waals surface area contributed by atoms with E-state index >= 15 is 0 Å². The second-order valence-electron chi connectivity index (χ2n) is 4.37. The third kappa shape index (κ3) is 4.24. The Morgan fingerprint density at radius 2 is 1.50 bits per heavy atom.